The number of carboxylic acids is 1. The van der Waals surface area contributed by atoms with Crippen molar-refractivity contribution in [2.75, 3.05) is 0 Å². The predicted molar refractivity (Wildman–Crippen MR) is 75.6 cm³/mol. The van der Waals surface area contributed by atoms with Crippen LogP contribution >= 0.6 is 0 Å². The zero-order valence-corrected chi connectivity index (χ0v) is 12.1. The first kappa shape index (κ1) is 16.9. The Morgan fingerprint density at radius 3 is 2.62 bits per heavy atom. The van der Waals surface area contributed by atoms with Gasteiger partial charge in [-0.15, -0.1) is 0 Å². The molecule has 5 nitrogen and oxygen atoms in total. The molecule has 0 aliphatic carbocycles. The predicted octanol–water partition coefficient (Wildman–Crippen LogP) is 2.35. The van der Waals surface area contributed by atoms with Crippen LogP contribution in [-0.2, 0) is 9.59 Å². The summed E-state index contributed by atoms with van der Waals surface area (Å²) < 4.78 is 18.7. The lowest BCUT2D eigenvalue weighted by Crippen LogP contribution is -2.43. The van der Waals surface area contributed by atoms with Crippen LogP contribution in [0.1, 0.15) is 33.1 Å². The standard InChI is InChI=1S/C15H20FNO4/c1-3-6-11(9-14(18)19)17-15(20)10(2)21-13-8-5-4-7-12(13)16/h4-5,7-8,10-11H,3,6,9H2,1-2H3,(H,17,20)(H,18,19). The van der Waals surface area contributed by atoms with Gasteiger partial charge < -0.3 is 15.2 Å². The van der Waals surface area contributed by atoms with Gasteiger partial charge in [0.25, 0.3) is 5.91 Å². The van der Waals surface area contributed by atoms with E-state index in [9.17, 15) is 14.0 Å². The van der Waals surface area contributed by atoms with Crippen molar-refractivity contribution < 1.29 is 23.8 Å². The SMILES string of the molecule is CCCC(CC(=O)O)NC(=O)C(C)Oc1ccccc1F. The average molecular weight is 297 g/mol. The van der Waals surface area contributed by atoms with Crippen molar-refractivity contribution in [2.24, 2.45) is 0 Å². The Hall–Kier alpha value is -2.11. The molecule has 0 saturated heterocycles. The molecule has 0 aliphatic rings. The molecule has 0 fully saturated rings. The molecule has 0 aromatic heterocycles. The van der Waals surface area contributed by atoms with Gasteiger partial charge in [-0.3, -0.25) is 9.59 Å². The molecule has 0 spiro atoms. The molecular weight excluding hydrogens is 277 g/mol. The molecule has 0 heterocycles. The van der Waals surface area contributed by atoms with Gasteiger partial charge in [-0.1, -0.05) is 25.5 Å². The highest BCUT2D eigenvalue weighted by Gasteiger charge is 2.21. The highest BCUT2D eigenvalue weighted by atomic mass is 19.1. The number of carbonyl (C=O) groups excluding carboxylic acids is 1. The average Bonchev–Trinajstić information content (AvgIpc) is 2.40. The lowest BCUT2D eigenvalue weighted by atomic mass is 10.1. The molecule has 0 bridgehead atoms. The molecule has 0 aliphatic heterocycles. The molecule has 2 N–H and O–H groups in total. The van der Waals surface area contributed by atoms with E-state index in [0.717, 1.165) is 6.42 Å². The summed E-state index contributed by atoms with van der Waals surface area (Å²) >= 11 is 0. The quantitative estimate of drug-likeness (QED) is 0.772. The molecule has 2 unspecified atom stereocenters. The molecule has 1 rings (SSSR count). The maximum absolute atomic E-state index is 13.4. The number of hydrogen-bond donors (Lipinski definition) is 2. The highest BCUT2D eigenvalue weighted by Crippen LogP contribution is 2.17. The van der Waals surface area contributed by atoms with Crippen LogP contribution in [-0.4, -0.2) is 29.1 Å². The Labute approximate surface area is 123 Å². The Balaban J connectivity index is 2.60. The van der Waals surface area contributed by atoms with E-state index < -0.39 is 29.8 Å². The minimum atomic E-state index is -0.976. The van der Waals surface area contributed by atoms with Crippen LogP contribution in [0.25, 0.3) is 0 Å². The number of para-hydroxylation sites is 1. The third-order valence-electron chi connectivity index (χ3n) is 2.91. The zero-order chi connectivity index (χ0) is 15.8. The largest absolute Gasteiger partial charge is 0.481 e. The van der Waals surface area contributed by atoms with Gasteiger partial charge in [0.05, 0.1) is 6.42 Å². The first-order valence-corrected chi connectivity index (χ1v) is 6.87. The van der Waals surface area contributed by atoms with Crippen LogP contribution in [0.15, 0.2) is 24.3 Å². The van der Waals surface area contributed by atoms with Crippen molar-refractivity contribution in [1.29, 1.82) is 0 Å². The van der Waals surface area contributed by atoms with Gasteiger partial charge in [0.15, 0.2) is 17.7 Å². The molecule has 21 heavy (non-hydrogen) atoms. The second-order valence-corrected chi connectivity index (χ2v) is 4.78. The summed E-state index contributed by atoms with van der Waals surface area (Å²) in [7, 11) is 0. The summed E-state index contributed by atoms with van der Waals surface area (Å²) in [4.78, 5) is 22.7. The summed E-state index contributed by atoms with van der Waals surface area (Å²) in [6, 6.07) is 5.35. The van der Waals surface area contributed by atoms with Gasteiger partial charge >= 0.3 is 5.97 Å². The second-order valence-electron chi connectivity index (χ2n) is 4.78. The topological polar surface area (TPSA) is 75.6 Å². The first-order chi connectivity index (χ1) is 9.93. The molecular formula is C15H20FNO4. The van der Waals surface area contributed by atoms with Gasteiger partial charge in [0.1, 0.15) is 0 Å². The number of carboxylic acid groups (broad SMARTS) is 1. The molecule has 1 amide bonds. The molecule has 116 valence electrons. The number of benzene rings is 1. The van der Waals surface area contributed by atoms with Crippen molar-refractivity contribution >= 4 is 11.9 Å². The van der Waals surface area contributed by atoms with E-state index in [1.54, 1.807) is 6.07 Å². The smallest absolute Gasteiger partial charge is 0.305 e. The van der Waals surface area contributed by atoms with Crippen molar-refractivity contribution in [3.05, 3.63) is 30.1 Å². The van der Waals surface area contributed by atoms with E-state index in [1.165, 1.54) is 25.1 Å². The van der Waals surface area contributed by atoms with Gasteiger partial charge in [-0.05, 0) is 25.5 Å². The molecule has 1 aromatic rings. The maximum Gasteiger partial charge on any atom is 0.305 e. The Morgan fingerprint density at radius 1 is 1.38 bits per heavy atom. The van der Waals surface area contributed by atoms with Crippen molar-refractivity contribution in [3.63, 3.8) is 0 Å². The van der Waals surface area contributed by atoms with Crippen LogP contribution < -0.4 is 10.1 Å². The zero-order valence-electron chi connectivity index (χ0n) is 12.1. The van der Waals surface area contributed by atoms with Crippen molar-refractivity contribution in [1.82, 2.24) is 5.32 Å². The summed E-state index contributed by atoms with van der Waals surface area (Å²) in [5.74, 6) is -1.99. The van der Waals surface area contributed by atoms with E-state index in [2.05, 4.69) is 5.32 Å². The number of hydrogen-bond acceptors (Lipinski definition) is 3. The van der Waals surface area contributed by atoms with Gasteiger partial charge in [0, 0.05) is 6.04 Å². The summed E-state index contributed by atoms with van der Waals surface area (Å²) in [6.45, 7) is 3.39. The number of amides is 1. The molecule has 0 radical (unpaired) electrons. The number of halogens is 1. The van der Waals surface area contributed by atoms with Crippen molar-refractivity contribution in [3.8, 4) is 5.75 Å². The van der Waals surface area contributed by atoms with Crippen LogP contribution in [0.2, 0.25) is 0 Å². The number of aliphatic carboxylic acids is 1. The van der Waals surface area contributed by atoms with E-state index in [-0.39, 0.29) is 12.2 Å². The summed E-state index contributed by atoms with van der Waals surface area (Å²) in [5.41, 5.74) is 0. The van der Waals surface area contributed by atoms with Crippen molar-refractivity contribution in [2.45, 2.75) is 45.3 Å². The molecule has 1 aromatic carbocycles. The third kappa shape index (κ3) is 5.81. The highest BCUT2D eigenvalue weighted by molar-refractivity contribution is 5.81. The van der Waals surface area contributed by atoms with E-state index in [0.29, 0.717) is 6.42 Å². The van der Waals surface area contributed by atoms with Gasteiger partial charge in [-0.25, -0.2) is 4.39 Å². The minimum Gasteiger partial charge on any atom is -0.481 e. The van der Waals surface area contributed by atoms with Gasteiger partial charge in [-0.2, -0.15) is 0 Å². The fourth-order valence-electron chi connectivity index (χ4n) is 1.89. The number of rotatable bonds is 8. The summed E-state index contributed by atoms with van der Waals surface area (Å²) in [5, 5.41) is 11.4. The third-order valence-corrected chi connectivity index (χ3v) is 2.91. The fourth-order valence-corrected chi connectivity index (χ4v) is 1.89. The Kier molecular flexibility index (Phi) is 6.65. The summed E-state index contributed by atoms with van der Waals surface area (Å²) in [6.07, 6.45) is 0.257. The fraction of sp³-hybridized carbons (Fsp3) is 0.467. The van der Waals surface area contributed by atoms with E-state index in [1.807, 2.05) is 6.92 Å². The monoisotopic (exact) mass is 297 g/mol. The minimum absolute atomic E-state index is 0.00886. The van der Waals surface area contributed by atoms with Crippen LogP contribution in [0.5, 0.6) is 5.75 Å². The molecule has 6 heteroatoms. The lowest BCUT2D eigenvalue weighted by molar-refractivity contribution is -0.138. The van der Waals surface area contributed by atoms with E-state index in [4.69, 9.17) is 9.84 Å². The number of nitrogens with one attached hydrogen (secondary N) is 1. The van der Waals surface area contributed by atoms with Gasteiger partial charge in [0.2, 0.25) is 0 Å². The van der Waals surface area contributed by atoms with E-state index >= 15 is 0 Å². The number of carbonyl (C=O) groups is 2. The maximum atomic E-state index is 13.4. The Bertz CT molecular complexity index is 492. The van der Waals surface area contributed by atoms with Crippen LogP contribution in [0, 0.1) is 5.82 Å². The number of ether oxygens (including phenoxy) is 1. The first-order valence-electron chi connectivity index (χ1n) is 6.87. The molecule has 0 saturated carbocycles. The lowest BCUT2D eigenvalue weighted by Gasteiger charge is -2.20. The molecule has 2 atom stereocenters. The normalized spacial score (nSPS) is 13.3. The second kappa shape index (κ2) is 8.24. The Morgan fingerprint density at radius 2 is 2.05 bits per heavy atom. The van der Waals surface area contributed by atoms with Crippen LogP contribution in [0.4, 0.5) is 4.39 Å². The van der Waals surface area contributed by atoms with Crippen LogP contribution in [0.3, 0.4) is 0 Å².